The minimum absolute atomic E-state index is 0.0110. The van der Waals surface area contributed by atoms with E-state index in [2.05, 4.69) is 30.6 Å². The molecular formula is C11H15NOS. The zero-order chi connectivity index (χ0) is 10.2. The Bertz CT molecular complexity index is 358. The lowest BCUT2D eigenvalue weighted by atomic mass is 9.92. The lowest BCUT2D eigenvalue weighted by Crippen LogP contribution is -2.40. The highest BCUT2D eigenvalue weighted by molar-refractivity contribution is 7.10. The molecule has 1 unspecified atom stereocenters. The molecule has 0 bridgehead atoms. The number of hydrogen-bond donors (Lipinski definition) is 1. The van der Waals surface area contributed by atoms with Crippen LogP contribution in [-0.2, 0) is 11.2 Å². The Morgan fingerprint density at radius 1 is 1.64 bits per heavy atom. The van der Waals surface area contributed by atoms with Gasteiger partial charge in [0.1, 0.15) is 0 Å². The number of carbonyl (C=O) groups is 1. The Kier molecular flexibility index (Phi) is 2.35. The smallest absolute Gasteiger partial charge is 0.220 e. The monoisotopic (exact) mass is 209 g/mol. The van der Waals surface area contributed by atoms with Crippen molar-refractivity contribution in [3.63, 3.8) is 0 Å². The Hall–Kier alpha value is -0.830. The van der Waals surface area contributed by atoms with Crippen molar-refractivity contribution in [2.75, 3.05) is 0 Å². The van der Waals surface area contributed by atoms with Gasteiger partial charge in [0.05, 0.1) is 0 Å². The quantitative estimate of drug-likeness (QED) is 0.795. The number of nitrogens with one attached hydrogen (secondary N) is 1. The zero-order valence-electron chi connectivity index (χ0n) is 8.59. The summed E-state index contributed by atoms with van der Waals surface area (Å²) >= 11 is 1.77. The molecule has 1 aliphatic heterocycles. The Balaban J connectivity index is 2.11. The minimum Gasteiger partial charge on any atom is -0.351 e. The van der Waals surface area contributed by atoms with Crippen LogP contribution in [0.15, 0.2) is 11.4 Å². The van der Waals surface area contributed by atoms with E-state index < -0.39 is 0 Å². The average Bonchev–Trinajstić information content (AvgIpc) is 2.62. The number of thiophene rings is 1. The summed E-state index contributed by atoms with van der Waals surface area (Å²) in [6.07, 6.45) is 2.61. The van der Waals surface area contributed by atoms with Gasteiger partial charge in [0.25, 0.3) is 0 Å². The van der Waals surface area contributed by atoms with E-state index in [1.807, 2.05) is 0 Å². The first-order valence-electron chi connectivity index (χ1n) is 4.93. The molecule has 1 aliphatic rings. The van der Waals surface area contributed by atoms with Crippen LogP contribution in [0.2, 0.25) is 0 Å². The van der Waals surface area contributed by atoms with Gasteiger partial charge in [0.2, 0.25) is 5.91 Å². The van der Waals surface area contributed by atoms with Crippen LogP contribution in [0, 0.1) is 6.92 Å². The highest BCUT2D eigenvalue weighted by atomic mass is 32.1. The fourth-order valence-electron chi connectivity index (χ4n) is 2.00. The van der Waals surface area contributed by atoms with Crippen molar-refractivity contribution in [3.8, 4) is 0 Å². The van der Waals surface area contributed by atoms with Crippen LogP contribution in [0.5, 0.6) is 0 Å². The fourth-order valence-corrected chi connectivity index (χ4v) is 2.73. The first kappa shape index (κ1) is 9.71. The van der Waals surface area contributed by atoms with Gasteiger partial charge < -0.3 is 5.32 Å². The third-order valence-electron chi connectivity index (χ3n) is 2.89. The SMILES string of the molecule is Cc1sccc1CC1(C)CCC(=O)N1. The van der Waals surface area contributed by atoms with Gasteiger partial charge in [0.15, 0.2) is 0 Å². The predicted molar refractivity (Wildman–Crippen MR) is 58.5 cm³/mol. The van der Waals surface area contributed by atoms with Gasteiger partial charge in [-0.3, -0.25) is 4.79 Å². The molecule has 1 saturated heterocycles. The molecule has 1 aromatic rings. The van der Waals surface area contributed by atoms with Gasteiger partial charge in [-0.05, 0) is 43.7 Å². The van der Waals surface area contributed by atoms with E-state index in [1.54, 1.807) is 11.3 Å². The van der Waals surface area contributed by atoms with Gasteiger partial charge in [-0.2, -0.15) is 0 Å². The largest absolute Gasteiger partial charge is 0.351 e. The molecule has 1 N–H and O–H groups in total. The Morgan fingerprint density at radius 3 is 2.93 bits per heavy atom. The maximum absolute atomic E-state index is 11.2. The highest BCUT2D eigenvalue weighted by Crippen LogP contribution is 2.27. The lowest BCUT2D eigenvalue weighted by molar-refractivity contribution is -0.119. The molecule has 2 nitrogen and oxygen atoms in total. The fraction of sp³-hybridized carbons (Fsp3) is 0.545. The van der Waals surface area contributed by atoms with Crippen LogP contribution in [0.3, 0.4) is 0 Å². The number of carbonyl (C=O) groups excluding carboxylic acids is 1. The maximum Gasteiger partial charge on any atom is 0.220 e. The summed E-state index contributed by atoms with van der Waals surface area (Å²) in [6.45, 7) is 4.27. The van der Waals surface area contributed by atoms with Gasteiger partial charge in [-0.25, -0.2) is 0 Å². The molecular weight excluding hydrogens is 194 g/mol. The number of amides is 1. The Morgan fingerprint density at radius 2 is 2.43 bits per heavy atom. The Labute approximate surface area is 88.3 Å². The summed E-state index contributed by atoms with van der Waals surface area (Å²) in [6, 6.07) is 2.16. The van der Waals surface area contributed by atoms with Crippen LogP contribution >= 0.6 is 11.3 Å². The molecule has 0 radical (unpaired) electrons. The van der Waals surface area contributed by atoms with E-state index in [0.717, 1.165) is 12.8 Å². The summed E-state index contributed by atoms with van der Waals surface area (Å²) < 4.78 is 0. The normalized spacial score (nSPS) is 26.6. The second kappa shape index (κ2) is 3.39. The molecule has 1 atom stereocenters. The van der Waals surface area contributed by atoms with Gasteiger partial charge in [0, 0.05) is 16.8 Å². The van der Waals surface area contributed by atoms with Crippen molar-refractivity contribution in [2.24, 2.45) is 0 Å². The molecule has 1 amide bonds. The molecule has 3 heteroatoms. The molecule has 1 fully saturated rings. The molecule has 1 aromatic heterocycles. The predicted octanol–water partition coefficient (Wildman–Crippen LogP) is 2.27. The molecule has 2 heterocycles. The third kappa shape index (κ3) is 1.82. The number of rotatable bonds is 2. The summed E-state index contributed by atoms with van der Waals surface area (Å²) in [5.41, 5.74) is 1.36. The van der Waals surface area contributed by atoms with Crippen molar-refractivity contribution in [3.05, 3.63) is 21.9 Å². The van der Waals surface area contributed by atoms with E-state index in [4.69, 9.17) is 0 Å². The molecule has 0 saturated carbocycles. The standard InChI is InChI=1S/C11H15NOS/c1-8-9(4-6-14-8)7-11(2)5-3-10(13)12-11/h4,6H,3,5,7H2,1-2H3,(H,12,13). The zero-order valence-corrected chi connectivity index (χ0v) is 9.41. The maximum atomic E-state index is 11.2. The van der Waals surface area contributed by atoms with E-state index in [1.165, 1.54) is 10.4 Å². The van der Waals surface area contributed by atoms with Gasteiger partial charge in [-0.15, -0.1) is 11.3 Å². The van der Waals surface area contributed by atoms with Gasteiger partial charge in [-0.1, -0.05) is 0 Å². The van der Waals surface area contributed by atoms with Crippen molar-refractivity contribution in [1.82, 2.24) is 5.32 Å². The molecule has 0 spiro atoms. The van der Waals surface area contributed by atoms with Crippen LogP contribution < -0.4 is 5.32 Å². The van der Waals surface area contributed by atoms with Gasteiger partial charge >= 0.3 is 0 Å². The second-order valence-electron chi connectivity index (χ2n) is 4.29. The first-order valence-corrected chi connectivity index (χ1v) is 5.81. The van der Waals surface area contributed by atoms with Crippen LogP contribution in [0.1, 0.15) is 30.2 Å². The number of hydrogen-bond acceptors (Lipinski definition) is 2. The highest BCUT2D eigenvalue weighted by Gasteiger charge is 2.33. The van der Waals surface area contributed by atoms with Crippen molar-refractivity contribution < 1.29 is 4.79 Å². The van der Waals surface area contributed by atoms with E-state index in [0.29, 0.717) is 6.42 Å². The second-order valence-corrected chi connectivity index (χ2v) is 5.41. The minimum atomic E-state index is -0.0110. The molecule has 2 rings (SSSR count). The molecule has 76 valence electrons. The van der Waals surface area contributed by atoms with E-state index in [-0.39, 0.29) is 11.4 Å². The summed E-state index contributed by atoms with van der Waals surface area (Å²) in [4.78, 5) is 12.5. The average molecular weight is 209 g/mol. The van der Waals surface area contributed by atoms with Crippen LogP contribution in [-0.4, -0.2) is 11.4 Å². The van der Waals surface area contributed by atoms with Crippen LogP contribution in [0.25, 0.3) is 0 Å². The van der Waals surface area contributed by atoms with Crippen molar-refractivity contribution in [2.45, 2.75) is 38.6 Å². The summed E-state index contributed by atoms with van der Waals surface area (Å²) in [7, 11) is 0. The summed E-state index contributed by atoms with van der Waals surface area (Å²) in [5.74, 6) is 0.195. The molecule has 0 aromatic carbocycles. The third-order valence-corrected chi connectivity index (χ3v) is 3.78. The molecule has 14 heavy (non-hydrogen) atoms. The van der Waals surface area contributed by atoms with Crippen molar-refractivity contribution in [1.29, 1.82) is 0 Å². The number of aryl methyl sites for hydroxylation is 1. The first-order chi connectivity index (χ1) is 6.59. The summed E-state index contributed by atoms with van der Waals surface area (Å²) in [5, 5.41) is 5.18. The lowest BCUT2D eigenvalue weighted by Gasteiger charge is -2.23. The topological polar surface area (TPSA) is 29.1 Å². The van der Waals surface area contributed by atoms with E-state index in [9.17, 15) is 4.79 Å². The van der Waals surface area contributed by atoms with E-state index >= 15 is 0 Å². The van der Waals surface area contributed by atoms with Crippen molar-refractivity contribution >= 4 is 17.2 Å². The molecule has 0 aliphatic carbocycles. The van der Waals surface area contributed by atoms with Crippen LogP contribution in [0.4, 0.5) is 0 Å².